The van der Waals surface area contributed by atoms with Gasteiger partial charge in [0.15, 0.2) is 17.9 Å². The average Bonchev–Trinajstić information content (AvgIpc) is 3.26. The fraction of sp³-hybridized carbons (Fsp3) is 0.200. The third kappa shape index (κ3) is 4.84. The summed E-state index contributed by atoms with van der Waals surface area (Å²) in [7, 11) is 0. The Bertz CT molecular complexity index is 1390. The third-order valence-electron chi connectivity index (χ3n) is 5.41. The molecule has 0 aliphatic carbocycles. The van der Waals surface area contributed by atoms with Crippen LogP contribution in [0, 0.1) is 13.8 Å². The number of oxazole rings is 1. The number of nitrogens with zero attached hydrogens (tertiary/aromatic N) is 1. The Morgan fingerprint density at radius 1 is 1.00 bits per heavy atom. The summed E-state index contributed by atoms with van der Waals surface area (Å²) in [5, 5.41) is 4.08. The van der Waals surface area contributed by atoms with Crippen molar-refractivity contribution < 1.29 is 13.9 Å². The van der Waals surface area contributed by atoms with Crippen LogP contribution in [0.25, 0.3) is 22.6 Å². The van der Waals surface area contributed by atoms with E-state index in [0.717, 1.165) is 11.9 Å². The van der Waals surface area contributed by atoms with E-state index in [1.54, 1.807) is 32.0 Å². The molecule has 0 atom stereocenters. The second-order valence-corrected chi connectivity index (χ2v) is 9.27. The van der Waals surface area contributed by atoms with Crippen LogP contribution in [0.5, 0.6) is 5.75 Å². The summed E-state index contributed by atoms with van der Waals surface area (Å²) in [4.78, 5) is 17.2. The number of benzene rings is 3. The molecule has 9 heteroatoms. The Kier molecular flexibility index (Phi) is 7.29. The maximum atomic E-state index is 12.6. The van der Waals surface area contributed by atoms with Gasteiger partial charge < -0.3 is 14.5 Å². The predicted octanol–water partition coefficient (Wildman–Crippen LogP) is 8.31. The third-order valence-corrected chi connectivity index (χ3v) is 7.22. The summed E-state index contributed by atoms with van der Waals surface area (Å²) < 4.78 is 11.5. The molecule has 5 nitrogen and oxygen atoms in total. The largest absolute Gasteiger partial charge is 0.481 e. The van der Waals surface area contributed by atoms with Gasteiger partial charge in [0.2, 0.25) is 5.89 Å². The van der Waals surface area contributed by atoms with E-state index in [-0.39, 0.29) is 22.4 Å². The molecule has 0 unspecified atom stereocenters. The number of aromatic nitrogens is 1. The summed E-state index contributed by atoms with van der Waals surface area (Å²) >= 11 is 25.2. The average molecular weight is 538 g/mol. The van der Waals surface area contributed by atoms with Crippen LogP contribution in [-0.4, -0.2) is 17.5 Å². The van der Waals surface area contributed by atoms with Crippen molar-refractivity contribution in [3.63, 3.8) is 0 Å². The van der Waals surface area contributed by atoms with Crippen LogP contribution in [0.15, 0.2) is 40.8 Å². The van der Waals surface area contributed by atoms with Gasteiger partial charge in [-0.2, -0.15) is 0 Å². The number of aryl methyl sites for hydroxylation is 1. The first-order valence-electron chi connectivity index (χ1n) is 10.4. The first-order valence-corrected chi connectivity index (χ1v) is 12.0. The van der Waals surface area contributed by atoms with Gasteiger partial charge in [0.1, 0.15) is 5.52 Å². The number of fused-ring (bicyclic) bond motifs is 1. The van der Waals surface area contributed by atoms with E-state index in [9.17, 15) is 4.79 Å². The number of hydrogen-bond acceptors (Lipinski definition) is 4. The van der Waals surface area contributed by atoms with Crippen LogP contribution < -0.4 is 10.1 Å². The molecule has 176 valence electrons. The van der Waals surface area contributed by atoms with Crippen molar-refractivity contribution in [1.29, 1.82) is 0 Å². The molecule has 0 saturated carbocycles. The molecule has 0 fully saturated rings. The van der Waals surface area contributed by atoms with E-state index < -0.39 is 5.91 Å². The quantitative estimate of drug-likeness (QED) is 0.268. The van der Waals surface area contributed by atoms with Crippen molar-refractivity contribution in [3.05, 3.63) is 73.2 Å². The molecule has 1 N–H and O–H groups in total. The summed E-state index contributed by atoms with van der Waals surface area (Å²) in [6.45, 7) is 5.25. The van der Waals surface area contributed by atoms with Gasteiger partial charge in [0.25, 0.3) is 5.91 Å². The maximum Gasteiger partial charge on any atom is 0.262 e. The number of anilines is 1. The zero-order valence-corrected chi connectivity index (χ0v) is 21.6. The Balaban J connectivity index is 1.53. The van der Waals surface area contributed by atoms with E-state index in [2.05, 4.69) is 17.2 Å². The van der Waals surface area contributed by atoms with Crippen molar-refractivity contribution in [3.8, 4) is 17.2 Å². The zero-order chi connectivity index (χ0) is 24.6. The van der Waals surface area contributed by atoms with Crippen LogP contribution in [0.3, 0.4) is 0 Å². The van der Waals surface area contributed by atoms with E-state index in [0.29, 0.717) is 43.9 Å². The van der Waals surface area contributed by atoms with E-state index in [1.807, 2.05) is 18.2 Å². The number of halogens is 4. The zero-order valence-electron chi connectivity index (χ0n) is 18.6. The van der Waals surface area contributed by atoms with Crippen molar-refractivity contribution in [2.75, 3.05) is 11.9 Å². The molecule has 0 aliphatic rings. The van der Waals surface area contributed by atoms with Gasteiger partial charge in [0, 0.05) is 10.6 Å². The number of amides is 1. The smallest absolute Gasteiger partial charge is 0.262 e. The van der Waals surface area contributed by atoms with Gasteiger partial charge in [-0.05, 0) is 67.3 Å². The van der Waals surface area contributed by atoms with Gasteiger partial charge in [-0.1, -0.05) is 59.4 Å². The van der Waals surface area contributed by atoms with Crippen LogP contribution in [0.4, 0.5) is 5.69 Å². The number of carbonyl (C=O) groups is 1. The maximum absolute atomic E-state index is 12.6. The Hall–Kier alpha value is -2.44. The molecule has 0 spiro atoms. The SMILES string of the molecule is CCc1ccc2oc(-c3ccc(Cl)c(NC(=O)COc4c(Cl)c(C)c(Cl)c(C)c4Cl)c3)nc2c1. The molecule has 0 radical (unpaired) electrons. The lowest BCUT2D eigenvalue weighted by Crippen LogP contribution is -2.20. The first kappa shape index (κ1) is 24.7. The minimum Gasteiger partial charge on any atom is -0.481 e. The van der Waals surface area contributed by atoms with Crippen LogP contribution in [0.1, 0.15) is 23.6 Å². The normalized spacial score (nSPS) is 11.1. The van der Waals surface area contributed by atoms with Crippen molar-refractivity contribution in [2.24, 2.45) is 0 Å². The Morgan fingerprint density at radius 2 is 1.71 bits per heavy atom. The van der Waals surface area contributed by atoms with Crippen molar-refractivity contribution >= 4 is 69.1 Å². The molecule has 0 saturated heterocycles. The molecule has 1 heterocycles. The molecular formula is C25H20Cl4N2O3. The molecule has 0 bridgehead atoms. The van der Waals surface area contributed by atoms with Crippen molar-refractivity contribution in [1.82, 2.24) is 4.98 Å². The summed E-state index contributed by atoms with van der Waals surface area (Å²) in [6.07, 6.45) is 0.906. The Morgan fingerprint density at radius 3 is 2.38 bits per heavy atom. The predicted molar refractivity (Wildman–Crippen MR) is 139 cm³/mol. The van der Waals surface area contributed by atoms with E-state index in [4.69, 9.17) is 55.6 Å². The second-order valence-electron chi connectivity index (χ2n) is 7.73. The fourth-order valence-corrected chi connectivity index (χ4v) is 4.42. The summed E-state index contributed by atoms with van der Waals surface area (Å²) in [5.74, 6) is 0.189. The van der Waals surface area contributed by atoms with Gasteiger partial charge in [0.05, 0.1) is 20.8 Å². The van der Waals surface area contributed by atoms with Gasteiger partial charge in [-0.3, -0.25) is 4.79 Å². The number of nitrogens with one attached hydrogen (secondary N) is 1. The van der Waals surface area contributed by atoms with Gasteiger partial charge >= 0.3 is 0 Å². The molecule has 34 heavy (non-hydrogen) atoms. The monoisotopic (exact) mass is 536 g/mol. The minimum atomic E-state index is -0.443. The molecule has 3 aromatic carbocycles. The molecule has 4 rings (SSSR count). The number of hydrogen-bond donors (Lipinski definition) is 1. The summed E-state index contributed by atoms with van der Waals surface area (Å²) in [6, 6.07) is 11.0. The lowest BCUT2D eigenvalue weighted by atomic mass is 10.1. The van der Waals surface area contributed by atoms with Gasteiger partial charge in [-0.25, -0.2) is 4.98 Å². The highest BCUT2D eigenvalue weighted by molar-refractivity contribution is 6.42. The van der Waals surface area contributed by atoms with Crippen LogP contribution in [-0.2, 0) is 11.2 Å². The highest BCUT2D eigenvalue weighted by Gasteiger charge is 2.19. The van der Waals surface area contributed by atoms with E-state index >= 15 is 0 Å². The molecule has 1 aromatic heterocycles. The van der Waals surface area contributed by atoms with Crippen LogP contribution in [0.2, 0.25) is 20.1 Å². The second kappa shape index (κ2) is 10.0. The fourth-order valence-electron chi connectivity index (χ4n) is 3.43. The summed E-state index contributed by atoms with van der Waals surface area (Å²) in [5.41, 5.74) is 4.94. The number of carbonyl (C=O) groups excluding carboxylic acids is 1. The minimum absolute atomic E-state index is 0.204. The Labute approximate surface area is 216 Å². The molecule has 0 aliphatic heterocycles. The lowest BCUT2D eigenvalue weighted by molar-refractivity contribution is -0.118. The molecule has 1 amide bonds. The highest BCUT2D eigenvalue weighted by Crippen LogP contribution is 2.42. The lowest BCUT2D eigenvalue weighted by Gasteiger charge is -2.15. The van der Waals surface area contributed by atoms with E-state index in [1.165, 1.54) is 5.56 Å². The van der Waals surface area contributed by atoms with Crippen LogP contribution >= 0.6 is 46.4 Å². The van der Waals surface area contributed by atoms with Crippen molar-refractivity contribution in [2.45, 2.75) is 27.2 Å². The topological polar surface area (TPSA) is 64.4 Å². The van der Waals surface area contributed by atoms with Gasteiger partial charge in [-0.15, -0.1) is 0 Å². The number of rotatable bonds is 6. The first-order chi connectivity index (χ1) is 16.2. The molecule has 4 aromatic rings. The molecular weight excluding hydrogens is 518 g/mol. The highest BCUT2D eigenvalue weighted by atomic mass is 35.5. The standard InChI is InChI=1S/C25H20Cl4N2O3/c1-4-14-5-8-19-18(9-14)31-25(34-19)15-6-7-16(26)17(10-15)30-20(32)11-33-24-22(28)12(2)21(27)13(3)23(24)29/h5-10H,4,11H2,1-3H3,(H,30,32). The number of ether oxygens (including phenoxy) is 1.